The van der Waals surface area contributed by atoms with Gasteiger partial charge in [-0.05, 0) is 68.9 Å². The molecule has 0 saturated carbocycles. The average Bonchev–Trinajstić information content (AvgIpc) is 2.59. The van der Waals surface area contributed by atoms with Gasteiger partial charge in [-0.1, -0.05) is 58.9 Å². The Morgan fingerprint density at radius 2 is 1.50 bits per heavy atom. The van der Waals surface area contributed by atoms with Crippen molar-refractivity contribution in [2.45, 2.75) is 91.7 Å². The van der Waals surface area contributed by atoms with Crippen LogP contribution in [0.5, 0.6) is 0 Å². The number of carbonyl (C=O) groups is 2. The van der Waals surface area contributed by atoms with Crippen molar-refractivity contribution in [2.75, 3.05) is 6.61 Å². The first kappa shape index (κ1) is 26.2. The smallest absolute Gasteiger partial charge is 0.338 e. The Balaban J connectivity index is 3.15. The molecule has 0 spiro atoms. The van der Waals surface area contributed by atoms with Crippen LogP contribution in [0.2, 0.25) is 0 Å². The zero-order valence-corrected chi connectivity index (χ0v) is 20.3. The number of esters is 2. The van der Waals surface area contributed by atoms with Crippen molar-refractivity contribution < 1.29 is 19.1 Å². The maximum Gasteiger partial charge on any atom is 0.338 e. The van der Waals surface area contributed by atoms with Crippen LogP contribution in [0.3, 0.4) is 0 Å². The summed E-state index contributed by atoms with van der Waals surface area (Å²) in [5.74, 6) is -1.24. The summed E-state index contributed by atoms with van der Waals surface area (Å²) in [6.07, 6.45) is 0.878. The summed E-state index contributed by atoms with van der Waals surface area (Å²) in [6, 6.07) is 8.52. The molecule has 0 amide bonds. The molecule has 30 heavy (non-hydrogen) atoms. The number of nitrogens with two attached hydrogens (primary N) is 1. The summed E-state index contributed by atoms with van der Waals surface area (Å²) in [4.78, 5) is 25.6. The molecule has 0 unspecified atom stereocenters. The van der Waals surface area contributed by atoms with Gasteiger partial charge in [-0.15, -0.1) is 0 Å². The van der Waals surface area contributed by atoms with Crippen molar-refractivity contribution >= 4 is 11.9 Å². The SMILES string of the molecule is CCOC(=O)[C@@](N)(C[C@H](Cc1ccc(C(C)(C)C)cc1)C(C)C)C(=O)OC(C)(C)C. The van der Waals surface area contributed by atoms with Gasteiger partial charge in [-0.25, -0.2) is 9.59 Å². The van der Waals surface area contributed by atoms with Gasteiger partial charge in [-0.2, -0.15) is 0 Å². The lowest BCUT2D eigenvalue weighted by Gasteiger charge is -2.33. The third kappa shape index (κ3) is 7.42. The Labute approximate surface area is 182 Å². The third-order valence-corrected chi connectivity index (χ3v) is 5.25. The molecule has 0 bridgehead atoms. The minimum Gasteiger partial charge on any atom is -0.464 e. The van der Waals surface area contributed by atoms with Gasteiger partial charge in [0.2, 0.25) is 5.54 Å². The fourth-order valence-electron chi connectivity index (χ4n) is 3.28. The second kappa shape index (κ2) is 9.95. The topological polar surface area (TPSA) is 78.6 Å². The molecule has 5 nitrogen and oxygen atoms in total. The normalized spacial score (nSPS) is 15.4. The van der Waals surface area contributed by atoms with Crippen molar-refractivity contribution in [3.05, 3.63) is 35.4 Å². The van der Waals surface area contributed by atoms with Gasteiger partial charge in [-0.3, -0.25) is 0 Å². The predicted octanol–water partition coefficient (Wildman–Crippen LogP) is 4.79. The van der Waals surface area contributed by atoms with Gasteiger partial charge in [0, 0.05) is 0 Å². The minimum absolute atomic E-state index is 0.00686. The second-order valence-corrected chi connectivity index (χ2v) is 10.6. The summed E-state index contributed by atoms with van der Waals surface area (Å²) in [5.41, 5.74) is 6.33. The molecule has 0 aliphatic carbocycles. The highest BCUT2D eigenvalue weighted by Gasteiger charge is 2.48. The molecule has 2 N–H and O–H groups in total. The Kier molecular flexibility index (Phi) is 8.68. The van der Waals surface area contributed by atoms with Gasteiger partial charge >= 0.3 is 11.9 Å². The van der Waals surface area contributed by atoms with Gasteiger partial charge in [0.1, 0.15) is 5.60 Å². The zero-order chi connectivity index (χ0) is 23.3. The van der Waals surface area contributed by atoms with E-state index in [9.17, 15) is 9.59 Å². The number of hydrogen-bond acceptors (Lipinski definition) is 5. The van der Waals surface area contributed by atoms with Gasteiger partial charge in [0.25, 0.3) is 0 Å². The van der Waals surface area contributed by atoms with Crippen molar-refractivity contribution in [3.8, 4) is 0 Å². The second-order valence-electron chi connectivity index (χ2n) is 10.6. The van der Waals surface area contributed by atoms with E-state index in [4.69, 9.17) is 15.2 Å². The molecule has 0 aliphatic rings. The maximum atomic E-state index is 12.9. The molecule has 1 rings (SSSR count). The molecule has 0 heterocycles. The minimum atomic E-state index is -1.83. The molecule has 5 heteroatoms. The summed E-state index contributed by atoms with van der Waals surface area (Å²) in [6.45, 7) is 17.8. The van der Waals surface area contributed by atoms with E-state index in [0.29, 0.717) is 6.42 Å². The largest absolute Gasteiger partial charge is 0.464 e. The first-order chi connectivity index (χ1) is 13.6. The summed E-state index contributed by atoms with van der Waals surface area (Å²) in [5, 5.41) is 0. The van der Waals surface area contributed by atoms with E-state index in [1.165, 1.54) is 5.56 Å². The fraction of sp³-hybridized carbons (Fsp3) is 0.680. The fourth-order valence-corrected chi connectivity index (χ4v) is 3.28. The highest BCUT2D eigenvalue weighted by atomic mass is 16.6. The Morgan fingerprint density at radius 3 is 1.90 bits per heavy atom. The first-order valence-electron chi connectivity index (χ1n) is 10.9. The molecular formula is C25H41NO4. The van der Waals surface area contributed by atoms with E-state index in [2.05, 4.69) is 58.9 Å². The highest BCUT2D eigenvalue weighted by Crippen LogP contribution is 2.30. The lowest BCUT2D eigenvalue weighted by Crippen LogP contribution is -2.59. The quantitative estimate of drug-likeness (QED) is 0.484. The molecule has 170 valence electrons. The van der Waals surface area contributed by atoms with Crippen LogP contribution in [0, 0.1) is 11.8 Å². The van der Waals surface area contributed by atoms with Gasteiger partial charge in [0.05, 0.1) is 6.61 Å². The zero-order valence-electron chi connectivity index (χ0n) is 20.3. The van der Waals surface area contributed by atoms with Gasteiger partial charge in [0.15, 0.2) is 0 Å². The van der Waals surface area contributed by atoms with Crippen LogP contribution in [0.15, 0.2) is 24.3 Å². The predicted molar refractivity (Wildman–Crippen MR) is 121 cm³/mol. The molecule has 2 atom stereocenters. The Morgan fingerprint density at radius 1 is 0.967 bits per heavy atom. The van der Waals surface area contributed by atoms with Crippen molar-refractivity contribution in [1.82, 2.24) is 0 Å². The van der Waals surface area contributed by atoms with Crippen molar-refractivity contribution in [2.24, 2.45) is 17.6 Å². The molecule has 1 aromatic carbocycles. The van der Waals surface area contributed by atoms with Crippen LogP contribution < -0.4 is 5.73 Å². The van der Waals surface area contributed by atoms with Crippen LogP contribution in [0.4, 0.5) is 0 Å². The molecule has 1 aromatic rings. The monoisotopic (exact) mass is 419 g/mol. The van der Waals surface area contributed by atoms with Gasteiger partial charge < -0.3 is 15.2 Å². The summed E-state index contributed by atoms with van der Waals surface area (Å²) < 4.78 is 10.7. The number of ether oxygens (including phenoxy) is 2. The average molecular weight is 420 g/mol. The van der Waals surface area contributed by atoms with E-state index >= 15 is 0 Å². The van der Waals surface area contributed by atoms with E-state index in [1.807, 2.05) is 0 Å². The van der Waals surface area contributed by atoms with E-state index in [-0.39, 0.29) is 30.3 Å². The lowest BCUT2D eigenvalue weighted by atomic mass is 9.78. The number of hydrogen-bond donors (Lipinski definition) is 1. The van der Waals surface area contributed by atoms with Crippen LogP contribution in [-0.2, 0) is 30.9 Å². The Hall–Kier alpha value is -1.88. The Bertz CT molecular complexity index is 710. The third-order valence-electron chi connectivity index (χ3n) is 5.25. The van der Waals surface area contributed by atoms with E-state index in [0.717, 1.165) is 5.56 Å². The number of carbonyl (C=O) groups excluding carboxylic acids is 2. The maximum absolute atomic E-state index is 12.9. The van der Waals surface area contributed by atoms with Crippen molar-refractivity contribution in [3.63, 3.8) is 0 Å². The molecule has 0 fully saturated rings. The van der Waals surface area contributed by atoms with Crippen LogP contribution >= 0.6 is 0 Å². The molecule has 0 aromatic heterocycles. The molecular weight excluding hydrogens is 378 g/mol. The first-order valence-corrected chi connectivity index (χ1v) is 10.9. The van der Waals surface area contributed by atoms with E-state index in [1.54, 1.807) is 27.7 Å². The summed E-state index contributed by atoms with van der Waals surface area (Å²) >= 11 is 0. The number of rotatable bonds is 8. The summed E-state index contributed by atoms with van der Waals surface area (Å²) in [7, 11) is 0. The van der Waals surface area contributed by atoms with Crippen LogP contribution in [0.1, 0.15) is 79.9 Å². The van der Waals surface area contributed by atoms with Crippen LogP contribution in [0.25, 0.3) is 0 Å². The number of benzene rings is 1. The van der Waals surface area contributed by atoms with Crippen molar-refractivity contribution in [1.29, 1.82) is 0 Å². The lowest BCUT2D eigenvalue weighted by molar-refractivity contribution is -0.172. The molecule has 0 radical (unpaired) electrons. The molecule has 0 saturated heterocycles. The van der Waals surface area contributed by atoms with Crippen LogP contribution in [-0.4, -0.2) is 29.7 Å². The standard InChI is InChI=1S/C25H41NO4/c1-10-29-21(27)25(26,22(28)30-24(7,8)9)16-19(17(2)3)15-18-11-13-20(14-12-18)23(4,5)6/h11-14,17,19H,10,15-16,26H2,1-9H3/t19-,25-/m0/s1. The molecule has 0 aliphatic heterocycles. The van der Waals surface area contributed by atoms with E-state index < -0.39 is 23.1 Å². The highest BCUT2D eigenvalue weighted by molar-refractivity contribution is 6.04.